The van der Waals surface area contributed by atoms with E-state index in [2.05, 4.69) is 21.2 Å². The Hall–Kier alpha value is -1.47. The van der Waals surface area contributed by atoms with Crippen molar-refractivity contribution in [1.29, 1.82) is 0 Å². The normalized spacial score (nSPS) is 10.5. The molecule has 0 saturated heterocycles. The van der Waals surface area contributed by atoms with E-state index >= 15 is 0 Å². The third-order valence-electron chi connectivity index (χ3n) is 2.39. The maximum Gasteiger partial charge on any atom is 0.338 e. The van der Waals surface area contributed by atoms with Crippen LogP contribution in [0.15, 0.2) is 27.4 Å². The highest BCUT2D eigenvalue weighted by molar-refractivity contribution is 9.11. The van der Waals surface area contributed by atoms with Crippen LogP contribution in [-0.4, -0.2) is 11.1 Å². The average Bonchev–Trinajstić information content (AvgIpc) is 2.73. The van der Waals surface area contributed by atoms with E-state index in [9.17, 15) is 13.6 Å². The Bertz CT molecular complexity index is 630. The molecule has 3 nitrogen and oxygen atoms in total. The van der Waals surface area contributed by atoms with E-state index in [1.54, 1.807) is 0 Å². The lowest BCUT2D eigenvalue weighted by molar-refractivity contribution is 0.0692. The number of carboxylic acids is 1. The molecule has 7 heteroatoms. The number of nitrogens with one attached hydrogen (secondary N) is 1. The fraction of sp³-hybridized carbons (Fsp3) is 0.0833. The molecule has 0 spiro atoms. The highest BCUT2D eigenvalue weighted by Gasteiger charge is 2.15. The van der Waals surface area contributed by atoms with Gasteiger partial charge in [0.2, 0.25) is 0 Å². The Morgan fingerprint density at radius 2 is 2.05 bits per heavy atom. The van der Waals surface area contributed by atoms with Crippen LogP contribution in [0.4, 0.5) is 14.5 Å². The van der Waals surface area contributed by atoms with Gasteiger partial charge in [-0.2, -0.15) is 0 Å². The Morgan fingerprint density at radius 3 is 2.63 bits per heavy atom. The van der Waals surface area contributed by atoms with Gasteiger partial charge >= 0.3 is 5.97 Å². The van der Waals surface area contributed by atoms with Crippen molar-refractivity contribution < 1.29 is 18.7 Å². The van der Waals surface area contributed by atoms with Crippen LogP contribution in [0.1, 0.15) is 15.9 Å². The summed E-state index contributed by atoms with van der Waals surface area (Å²) < 4.78 is 27.6. The molecule has 0 aliphatic carbocycles. The minimum atomic E-state index is -1.43. The number of hydrogen-bond acceptors (Lipinski definition) is 3. The van der Waals surface area contributed by atoms with Crippen molar-refractivity contribution in [2.75, 3.05) is 5.32 Å². The van der Waals surface area contributed by atoms with Crippen LogP contribution in [0.25, 0.3) is 0 Å². The third-order valence-corrected chi connectivity index (χ3v) is 3.95. The van der Waals surface area contributed by atoms with E-state index < -0.39 is 23.2 Å². The van der Waals surface area contributed by atoms with E-state index in [4.69, 9.17) is 5.11 Å². The van der Waals surface area contributed by atoms with Crippen molar-refractivity contribution in [2.24, 2.45) is 0 Å². The van der Waals surface area contributed by atoms with Crippen molar-refractivity contribution in [1.82, 2.24) is 0 Å². The van der Waals surface area contributed by atoms with E-state index in [1.165, 1.54) is 11.3 Å². The van der Waals surface area contributed by atoms with Crippen LogP contribution in [0.2, 0.25) is 0 Å². The number of halogens is 3. The molecule has 1 heterocycles. The first-order valence-corrected chi connectivity index (χ1v) is 6.83. The molecular weight excluding hydrogens is 340 g/mol. The standard InChI is InChI=1S/C12H8BrF2NO2S/c13-11-1-6(5-19-11)4-16-10-2-7(12(17)18)8(14)3-9(10)15/h1-3,5,16H,4H2,(H,17,18). The summed E-state index contributed by atoms with van der Waals surface area (Å²) in [5.74, 6) is -3.34. The molecule has 100 valence electrons. The molecule has 0 atom stereocenters. The van der Waals surface area contributed by atoms with Gasteiger partial charge in [-0.05, 0) is 39.0 Å². The summed E-state index contributed by atoms with van der Waals surface area (Å²) in [5, 5.41) is 13.4. The SMILES string of the molecule is O=C(O)c1cc(NCc2csc(Br)c2)c(F)cc1F. The van der Waals surface area contributed by atoms with Gasteiger partial charge in [0.05, 0.1) is 15.0 Å². The summed E-state index contributed by atoms with van der Waals surface area (Å²) in [7, 11) is 0. The van der Waals surface area contributed by atoms with Gasteiger partial charge in [-0.15, -0.1) is 11.3 Å². The van der Waals surface area contributed by atoms with E-state index in [-0.39, 0.29) is 5.69 Å². The average molecular weight is 348 g/mol. The predicted molar refractivity (Wildman–Crippen MR) is 72.7 cm³/mol. The van der Waals surface area contributed by atoms with Gasteiger partial charge < -0.3 is 10.4 Å². The fourth-order valence-corrected chi connectivity index (χ4v) is 2.69. The number of aromatic carboxylic acids is 1. The lowest BCUT2D eigenvalue weighted by Gasteiger charge is -2.08. The summed E-state index contributed by atoms with van der Waals surface area (Å²) >= 11 is 4.79. The van der Waals surface area contributed by atoms with Crippen molar-refractivity contribution >= 4 is 38.9 Å². The molecule has 0 saturated carbocycles. The zero-order chi connectivity index (χ0) is 14.0. The minimum Gasteiger partial charge on any atom is -0.478 e. The van der Waals surface area contributed by atoms with Crippen molar-refractivity contribution in [3.63, 3.8) is 0 Å². The smallest absolute Gasteiger partial charge is 0.338 e. The van der Waals surface area contributed by atoms with Crippen LogP contribution in [-0.2, 0) is 6.54 Å². The molecule has 0 fully saturated rings. The summed E-state index contributed by atoms with van der Waals surface area (Å²) in [5.41, 5.74) is 0.314. The molecular formula is C12H8BrF2NO2S. The molecule has 0 unspecified atom stereocenters. The zero-order valence-corrected chi connectivity index (χ0v) is 11.8. The number of thiophene rings is 1. The number of anilines is 1. The highest BCUT2D eigenvalue weighted by Crippen LogP contribution is 2.23. The fourth-order valence-electron chi connectivity index (χ4n) is 1.48. The number of hydrogen-bond donors (Lipinski definition) is 2. The van der Waals surface area contributed by atoms with Gasteiger partial charge in [0.15, 0.2) is 0 Å². The Labute approximate surface area is 120 Å². The van der Waals surface area contributed by atoms with Gasteiger partial charge in [0.25, 0.3) is 0 Å². The maximum atomic E-state index is 13.5. The maximum absolute atomic E-state index is 13.5. The number of carbonyl (C=O) groups is 1. The quantitative estimate of drug-likeness (QED) is 0.875. The van der Waals surface area contributed by atoms with Crippen LogP contribution in [0, 0.1) is 11.6 Å². The largest absolute Gasteiger partial charge is 0.478 e. The van der Waals surface area contributed by atoms with Crippen LogP contribution in [0.3, 0.4) is 0 Å². The van der Waals surface area contributed by atoms with Crippen molar-refractivity contribution in [3.8, 4) is 0 Å². The summed E-state index contributed by atoms with van der Waals surface area (Å²) in [6.45, 7) is 0.323. The van der Waals surface area contributed by atoms with Crippen LogP contribution < -0.4 is 5.32 Å². The van der Waals surface area contributed by atoms with E-state index in [0.717, 1.165) is 15.4 Å². The van der Waals surface area contributed by atoms with Crippen molar-refractivity contribution in [3.05, 3.63) is 50.1 Å². The monoisotopic (exact) mass is 347 g/mol. The topological polar surface area (TPSA) is 49.3 Å². The van der Waals surface area contributed by atoms with Gasteiger partial charge in [-0.25, -0.2) is 13.6 Å². The zero-order valence-electron chi connectivity index (χ0n) is 9.41. The first kappa shape index (κ1) is 14.0. The second kappa shape index (κ2) is 5.66. The second-order valence-electron chi connectivity index (χ2n) is 3.73. The van der Waals surface area contributed by atoms with E-state index in [1.807, 2.05) is 11.4 Å². The Morgan fingerprint density at radius 1 is 1.32 bits per heavy atom. The molecule has 0 aliphatic heterocycles. The van der Waals surface area contributed by atoms with Crippen molar-refractivity contribution in [2.45, 2.75) is 6.54 Å². The number of benzene rings is 1. The Balaban J connectivity index is 2.20. The van der Waals surface area contributed by atoms with Gasteiger partial charge in [0.1, 0.15) is 11.6 Å². The second-order valence-corrected chi connectivity index (χ2v) is 6.02. The molecule has 19 heavy (non-hydrogen) atoms. The lowest BCUT2D eigenvalue weighted by atomic mass is 10.1. The van der Waals surface area contributed by atoms with Crippen LogP contribution >= 0.6 is 27.3 Å². The molecule has 1 aromatic heterocycles. The highest BCUT2D eigenvalue weighted by atomic mass is 79.9. The van der Waals surface area contributed by atoms with Crippen LogP contribution in [0.5, 0.6) is 0 Å². The molecule has 0 amide bonds. The minimum absolute atomic E-state index is 0.0406. The number of rotatable bonds is 4. The first-order valence-electron chi connectivity index (χ1n) is 5.16. The Kier molecular flexibility index (Phi) is 4.16. The third kappa shape index (κ3) is 3.30. The first-order chi connectivity index (χ1) is 8.97. The van der Waals surface area contributed by atoms with E-state index in [0.29, 0.717) is 12.6 Å². The molecule has 1 aromatic carbocycles. The molecule has 2 rings (SSSR count). The predicted octanol–water partition coefficient (Wildman–Crippen LogP) is 4.10. The summed E-state index contributed by atoms with van der Waals surface area (Å²) in [6.07, 6.45) is 0. The van der Waals surface area contributed by atoms with Gasteiger partial charge in [-0.3, -0.25) is 0 Å². The summed E-state index contributed by atoms with van der Waals surface area (Å²) in [6, 6.07) is 3.38. The summed E-state index contributed by atoms with van der Waals surface area (Å²) in [4.78, 5) is 10.8. The molecule has 0 radical (unpaired) electrons. The molecule has 0 bridgehead atoms. The van der Waals surface area contributed by atoms with Gasteiger partial charge in [-0.1, -0.05) is 0 Å². The lowest BCUT2D eigenvalue weighted by Crippen LogP contribution is -2.06. The molecule has 2 aromatic rings. The molecule has 2 N–H and O–H groups in total. The number of carboxylic acid groups (broad SMARTS) is 1. The van der Waals surface area contributed by atoms with Gasteiger partial charge in [0, 0.05) is 12.6 Å². The molecule has 0 aliphatic rings.